The molecular weight excluding hydrogens is 253 g/mol. The summed E-state index contributed by atoms with van der Waals surface area (Å²) in [7, 11) is 1.45. The lowest BCUT2D eigenvalue weighted by atomic mass is 10.4. The summed E-state index contributed by atoms with van der Waals surface area (Å²) in [4.78, 5) is 6.86. The summed E-state index contributed by atoms with van der Waals surface area (Å²) in [5.41, 5.74) is 0.817. The summed E-state index contributed by atoms with van der Waals surface area (Å²) >= 11 is 0. The summed E-state index contributed by atoms with van der Waals surface area (Å²) in [6, 6.07) is 0.701. The Morgan fingerprint density at radius 3 is 2.61 bits per heavy atom. The minimum atomic E-state index is -4.60. The molecule has 1 aromatic heterocycles. The van der Waals surface area contributed by atoms with Crippen LogP contribution in [0, 0.1) is 0 Å². The Kier molecular flexibility index (Phi) is 4.68. The second kappa shape index (κ2) is 5.83. The van der Waals surface area contributed by atoms with Gasteiger partial charge in [-0.2, -0.15) is 18.2 Å². The summed E-state index contributed by atoms with van der Waals surface area (Å²) in [6.45, 7) is 1.85. The van der Waals surface area contributed by atoms with Crippen molar-refractivity contribution in [1.29, 1.82) is 0 Å². The smallest absolute Gasteiger partial charge is 0.433 e. The zero-order valence-electron chi connectivity index (χ0n) is 9.78. The van der Waals surface area contributed by atoms with E-state index in [1.807, 2.05) is 5.43 Å². The summed E-state index contributed by atoms with van der Waals surface area (Å²) < 4.78 is 47.6. The lowest BCUT2D eigenvalue weighted by molar-refractivity contribution is -0.141. The Bertz CT molecular complexity index is 400. The highest BCUT2D eigenvalue weighted by atomic mass is 19.4. The lowest BCUT2D eigenvalue weighted by Gasteiger charge is -2.15. The molecule has 3 N–H and O–H groups in total. The number of halogens is 3. The van der Waals surface area contributed by atoms with E-state index in [2.05, 4.69) is 9.97 Å². The molecule has 0 bridgehead atoms. The van der Waals surface area contributed by atoms with E-state index in [0.29, 0.717) is 6.07 Å². The molecule has 1 unspecified atom stereocenters. The van der Waals surface area contributed by atoms with Gasteiger partial charge in [-0.1, -0.05) is 0 Å². The number of nitrogens with one attached hydrogen (secondary N) is 1. The fraction of sp³-hybridized carbons (Fsp3) is 0.556. The number of methoxy groups -OCH3 is 1. The van der Waals surface area contributed by atoms with Gasteiger partial charge in [0.05, 0.1) is 6.61 Å². The molecule has 1 aromatic rings. The fourth-order valence-corrected chi connectivity index (χ4v) is 1.17. The largest absolute Gasteiger partial charge is 0.472 e. The second-order valence-electron chi connectivity index (χ2n) is 3.44. The average molecular weight is 266 g/mol. The highest BCUT2D eigenvalue weighted by molar-refractivity contribution is 5.30. The number of alkyl halides is 3. The van der Waals surface area contributed by atoms with Gasteiger partial charge in [0.1, 0.15) is 6.10 Å². The van der Waals surface area contributed by atoms with Gasteiger partial charge >= 0.3 is 6.18 Å². The van der Waals surface area contributed by atoms with Gasteiger partial charge in [0.2, 0.25) is 11.8 Å². The van der Waals surface area contributed by atoms with Crippen LogP contribution in [0.5, 0.6) is 5.88 Å². The molecule has 0 aromatic carbocycles. The van der Waals surface area contributed by atoms with Crippen LogP contribution < -0.4 is 16.0 Å². The van der Waals surface area contributed by atoms with E-state index in [9.17, 15) is 13.2 Å². The summed E-state index contributed by atoms with van der Waals surface area (Å²) in [5, 5.41) is 0. The van der Waals surface area contributed by atoms with Crippen molar-refractivity contribution in [3.63, 3.8) is 0 Å². The maximum absolute atomic E-state index is 12.5. The fourth-order valence-electron chi connectivity index (χ4n) is 1.17. The average Bonchev–Trinajstić information content (AvgIpc) is 2.27. The molecule has 0 aliphatic carbocycles. The Morgan fingerprint density at radius 2 is 2.11 bits per heavy atom. The van der Waals surface area contributed by atoms with Gasteiger partial charge in [-0.3, -0.25) is 5.43 Å². The molecule has 0 aliphatic rings. The van der Waals surface area contributed by atoms with Crippen molar-refractivity contribution in [3.8, 4) is 5.88 Å². The Labute approximate surface area is 101 Å². The van der Waals surface area contributed by atoms with Crippen LogP contribution in [0.25, 0.3) is 0 Å². The van der Waals surface area contributed by atoms with Crippen molar-refractivity contribution < 1.29 is 22.6 Å². The first-order chi connectivity index (χ1) is 8.36. The summed E-state index contributed by atoms with van der Waals surface area (Å²) in [6.07, 6.45) is -5.05. The van der Waals surface area contributed by atoms with Crippen molar-refractivity contribution in [1.82, 2.24) is 9.97 Å². The quantitative estimate of drug-likeness (QED) is 0.615. The maximum atomic E-state index is 12.5. The number of hydrogen-bond donors (Lipinski definition) is 2. The Balaban J connectivity index is 2.97. The van der Waals surface area contributed by atoms with Crippen LogP contribution in [0.1, 0.15) is 12.6 Å². The van der Waals surface area contributed by atoms with Crippen LogP contribution in [0.2, 0.25) is 0 Å². The highest BCUT2D eigenvalue weighted by Gasteiger charge is 2.34. The molecule has 0 radical (unpaired) electrons. The molecule has 0 saturated carbocycles. The molecule has 0 saturated heterocycles. The summed E-state index contributed by atoms with van der Waals surface area (Å²) in [5.74, 6) is 4.40. The minimum absolute atomic E-state index is 0.219. The van der Waals surface area contributed by atoms with Gasteiger partial charge in [-0.25, -0.2) is 10.8 Å². The molecular formula is C9H13F3N4O2. The highest BCUT2D eigenvalue weighted by Crippen LogP contribution is 2.30. The number of rotatable bonds is 5. The van der Waals surface area contributed by atoms with Crippen molar-refractivity contribution in [2.75, 3.05) is 19.1 Å². The van der Waals surface area contributed by atoms with Gasteiger partial charge in [0.25, 0.3) is 0 Å². The zero-order valence-corrected chi connectivity index (χ0v) is 9.78. The molecule has 102 valence electrons. The van der Waals surface area contributed by atoms with Crippen molar-refractivity contribution in [2.45, 2.75) is 19.2 Å². The van der Waals surface area contributed by atoms with Crippen LogP contribution in [-0.4, -0.2) is 29.8 Å². The van der Waals surface area contributed by atoms with Crippen LogP contribution in [0.15, 0.2) is 6.07 Å². The van der Waals surface area contributed by atoms with E-state index in [1.54, 1.807) is 6.92 Å². The first-order valence-electron chi connectivity index (χ1n) is 4.95. The third-order valence-electron chi connectivity index (χ3n) is 1.85. The van der Waals surface area contributed by atoms with Gasteiger partial charge in [0, 0.05) is 13.2 Å². The molecule has 0 aliphatic heterocycles. The number of hydrogen-bond acceptors (Lipinski definition) is 6. The monoisotopic (exact) mass is 266 g/mol. The Hall–Kier alpha value is -1.61. The molecule has 18 heavy (non-hydrogen) atoms. The predicted octanol–water partition coefficient (Wildman–Crippen LogP) is 1.19. The van der Waals surface area contributed by atoms with Gasteiger partial charge in [0.15, 0.2) is 5.69 Å². The van der Waals surface area contributed by atoms with Crippen LogP contribution in [0.4, 0.5) is 19.1 Å². The Morgan fingerprint density at radius 1 is 1.44 bits per heavy atom. The van der Waals surface area contributed by atoms with Crippen LogP contribution in [0.3, 0.4) is 0 Å². The number of hydrazine groups is 1. The molecule has 9 heteroatoms. The number of aromatic nitrogens is 2. The molecule has 0 amide bonds. The molecule has 1 atom stereocenters. The maximum Gasteiger partial charge on any atom is 0.433 e. The minimum Gasteiger partial charge on any atom is -0.472 e. The molecule has 1 rings (SSSR count). The normalized spacial score (nSPS) is 13.2. The van der Waals surface area contributed by atoms with Crippen LogP contribution >= 0.6 is 0 Å². The van der Waals surface area contributed by atoms with Crippen molar-refractivity contribution >= 4 is 5.95 Å². The van der Waals surface area contributed by atoms with E-state index < -0.39 is 18.0 Å². The van der Waals surface area contributed by atoms with E-state index in [1.165, 1.54) is 7.11 Å². The predicted molar refractivity (Wildman–Crippen MR) is 56.8 cm³/mol. The van der Waals surface area contributed by atoms with Crippen molar-refractivity contribution in [3.05, 3.63) is 11.8 Å². The second-order valence-corrected chi connectivity index (χ2v) is 3.44. The van der Waals surface area contributed by atoms with E-state index in [4.69, 9.17) is 15.3 Å². The van der Waals surface area contributed by atoms with E-state index >= 15 is 0 Å². The van der Waals surface area contributed by atoms with E-state index in [-0.39, 0.29) is 18.4 Å². The first kappa shape index (κ1) is 14.5. The van der Waals surface area contributed by atoms with E-state index in [0.717, 1.165) is 0 Å². The third-order valence-corrected chi connectivity index (χ3v) is 1.85. The first-order valence-corrected chi connectivity index (χ1v) is 4.95. The number of nitrogen functional groups attached to an aromatic ring is 1. The third kappa shape index (κ3) is 4.00. The number of ether oxygens (including phenoxy) is 2. The van der Waals surface area contributed by atoms with Crippen LogP contribution in [-0.2, 0) is 10.9 Å². The number of nitrogens with two attached hydrogens (primary N) is 1. The topological polar surface area (TPSA) is 82.3 Å². The molecule has 1 heterocycles. The zero-order chi connectivity index (χ0) is 13.8. The molecule has 6 nitrogen and oxygen atoms in total. The molecule has 0 fully saturated rings. The van der Waals surface area contributed by atoms with Crippen molar-refractivity contribution in [2.24, 2.45) is 5.84 Å². The SMILES string of the molecule is COCC(C)Oc1cc(C(F)(F)F)nc(NN)n1. The molecule has 0 spiro atoms. The standard InChI is InChI=1S/C9H13F3N4O2/c1-5(4-17-2)18-7-3-6(9(10,11)12)14-8(15-7)16-13/h3,5H,4,13H2,1-2H3,(H,14,15,16). The number of anilines is 1. The van der Waals surface area contributed by atoms with Gasteiger partial charge in [-0.05, 0) is 6.92 Å². The van der Waals surface area contributed by atoms with Gasteiger partial charge in [-0.15, -0.1) is 0 Å². The van der Waals surface area contributed by atoms with Gasteiger partial charge < -0.3 is 9.47 Å². The lowest BCUT2D eigenvalue weighted by Crippen LogP contribution is -2.21. The number of nitrogens with zero attached hydrogens (tertiary/aromatic N) is 2.